The van der Waals surface area contributed by atoms with Crippen molar-refractivity contribution in [2.45, 2.75) is 6.92 Å². The first-order valence-corrected chi connectivity index (χ1v) is 2.01. The average Bonchev–Trinajstić information content (AvgIpc) is 1.87. The highest BCUT2D eigenvalue weighted by Gasteiger charge is 1.98. The summed E-state index contributed by atoms with van der Waals surface area (Å²) in [6.07, 6.45) is 1.72. The van der Waals surface area contributed by atoms with Crippen molar-refractivity contribution >= 4 is 5.71 Å². The van der Waals surface area contributed by atoms with Gasteiger partial charge < -0.3 is 5.73 Å². The smallest absolute Gasteiger partial charge is 0.147 e. The Hall–Kier alpha value is -0.990. The van der Waals surface area contributed by atoms with Crippen molar-refractivity contribution in [3.05, 3.63) is 11.9 Å². The molecule has 0 aromatic rings. The Labute approximate surface area is 41.9 Å². The van der Waals surface area contributed by atoms with E-state index in [0.29, 0.717) is 5.82 Å². The Bertz CT molecular complexity index is 134. The van der Waals surface area contributed by atoms with Crippen molar-refractivity contribution < 1.29 is 0 Å². The highest BCUT2D eigenvalue weighted by molar-refractivity contribution is 5.94. The molecule has 1 heterocycles. The third-order valence-electron chi connectivity index (χ3n) is 0.680. The van der Waals surface area contributed by atoms with Gasteiger partial charge in [-0.25, -0.2) is 0 Å². The summed E-state index contributed by atoms with van der Waals surface area (Å²) in [6.45, 7) is 1.85. The molecule has 0 saturated carbocycles. The molecule has 0 spiro atoms. The van der Waals surface area contributed by atoms with E-state index in [0.717, 1.165) is 5.71 Å². The van der Waals surface area contributed by atoms with E-state index in [1.807, 2.05) is 6.92 Å². The molecule has 2 N–H and O–H groups in total. The van der Waals surface area contributed by atoms with Crippen LogP contribution in [0.1, 0.15) is 6.92 Å². The lowest BCUT2D eigenvalue weighted by Crippen LogP contribution is -2.01. The van der Waals surface area contributed by atoms with Gasteiger partial charge in [0, 0.05) is 6.08 Å². The maximum atomic E-state index is 5.20. The van der Waals surface area contributed by atoms with E-state index in [2.05, 4.69) is 10.5 Å². The fourth-order valence-electron chi connectivity index (χ4n) is 0.408. The fraction of sp³-hybridized carbons (Fsp3) is 0.250. The van der Waals surface area contributed by atoms with E-state index in [1.54, 1.807) is 6.08 Å². The SMILES string of the molecule is CC1=N[N]C(N)=C1. The molecule has 0 amide bonds. The van der Waals surface area contributed by atoms with Crippen LogP contribution in [0.3, 0.4) is 0 Å². The molecule has 0 aromatic heterocycles. The monoisotopic (exact) mass is 96.1 g/mol. The van der Waals surface area contributed by atoms with Crippen molar-refractivity contribution in [3.63, 3.8) is 0 Å². The van der Waals surface area contributed by atoms with Crippen LogP contribution in [0, 0.1) is 0 Å². The Morgan fingerprint density at radius 3 is 2.57 bits per heavy atom. The first-order valence-electron chi connectivity index (χ1n) is 2.01. The van der Waals surface area contributed by atoms with Crippen LogP contribution >= 0.6 is 0 Å². The van der Waals surface area contributed by atoms with Gasteiger partial charge in [0.15, 0.2) is 0 Å². The maximum Gasteiger partial charge on any atom is 0.147 e. The highest BCUT2D eigenvalue weighted by atomic mass is 15.3. The molecule has 0 saturated heterocycles. The normalized spacial score (nSPS) is 17.9. The zero-order chi connectivity index (χ0) is 5.28. The molecule has 0 fully saturated rings. The van der Waals surface area contributed by atoms with Gasteiger partial charge in [-0.3, -0.25) is 0 Å². The quantitative estimate of drug-likeness (QED) is 0.445. The predicted octanol–water partition coefficient (Wildman–Crippen LogP) is -0.220. The molecular formula is C4H6N3. The van der Waals surface area contributed by atoms with Gasteiger partial charge in [-0.05, 0) is 6.92 Å². The number of nitrogens with two attached hydrogens (primary N) is 1. The first kappa shape index (κ1) is 4.18. The third-order valence-corrected chi connectivity index (χ3v) is 0.680. The van der Waals surface area contributed by atoms with Crippen LogP contribution in [0.4, 0.5) is 0 Å². The minimum Gasteiger partial charge on any atom is -0.382 e. The van der Waals surface area contributed by atoms with E-state index in [4.69, 9.17) is 5.73 Å². The van der Waals surface area contributed by atoms with Crippen LogP contribution < -0.4 is 11.2 Å². The summed E-state index contributed by atoms with van der Waals surface area (Å²) in [5.41, 5.74) is 9.62. The summed E-state index contributed by atoms with van der Waals surface area (Å²) in [4.78, 5) is 0. The molecule has 0 bridgehead atoms. The van der Waals surface area contributed by atoms with Gasteiger partial charge in [-0.15, -0.1) is 5.43 Å². The summed E-state index contributed by atoms with van der Waals surface area (Å²) in [5.74, 6) is 0.498. The second-order valence-corrected chi connectivity index (χ2v) is 1.41. The van der Waals surface area contributed by atoms with Gasteiger partial charge in [0.2, 0.25) is 0 Å². The number of rotatable bonds is 0. The fourth-order valence-corrected chi connectivity index (χ4v) is 0.408. The molecule has 0 aliphatic carbocycles. The predicted molar refractivity (Wildman–Crippen MR) is 27.5 cm³/mol. The largest absolute Gasteiger partial charge is 0.382 e. The van der Waals surface area contributed by atoms with E-state index >= 15 is 0 Å². The molecule has 0 atom stereocenters. The maximum absolute atomic E-state index is 5.20. The molecule has 1 radical (unpaired) electrons. The standard InChI is InChI=1S/C4H6N3/c1-3-2-4(5)7-6-3/h2H,5H2,1H3. The van der Waals surface area contributed by atoms with Crippen LogP contribution in [0.2, 0.25) is 0 Å². The van der Waals surface area contributed by atoms with E-state index < -0.39 is 0 Å². The van der Waals surface area contributed by atoms with E-state index in [1.165, 1.54) is 0 Å². The first-order chi connectivity index (χ1) is 3.29. The molecule has 3 heteroatoms. The lowest BCUT2D eigenvalue weighted by atomic mass is 10.4. The van der Waals surface area contributed by atoms with Gasteiger partial charge in [-0.1, -0.05) is 0 Å². The second-order valence-electron chi connectivity index (χ2n) is 1.41. The van der Waals surface area contributed by atoms with Gasteiger partial charge in [0.25, 0.3) is 0 Å². The van der Waals surface area contributed by atoms with Gasteiger partial charge in [0.1, 0.15) is 5.82 Å². The van der Waals surface area contributed by atoms with Crippen molar-refractivity contribution in [2.75, 3.05) is 0 Å². The molecule has 0 unspecified atom stereocenters. The third kappa shape index (κ3) is 0.707. The molecule has 1 aliphatic heterocycles. The average molecular weight is 96.1 g/mol. The summed E-state index contributed by atoms with van der Waals surface area (Å²) in [5, 5.41) is 3.64. The lowest BCUT2D eigenvalue weighted by molar-refractivity contribution is 0.878. The molecule has 7 heavy (non-hydrogen) atoms. The number of hydrogen-bond acceptors (Lipinski definition) is 2. The van der Waals surface area contributed by atoms with Gasteiger partial charge in [-0.2, -0.15) is 5.10 Å². The minimum absolute atomic E-state index is 0.498. The topological polar surface area (TPSA) is 52.5 Å². The van der Waals surface area contributed by atoms with Crippen LogP contribution in [-0.2, 0) is 0 Å². The summed E-state index contributed by atoms with van der Waals surface area (Å²) < 4.78 is 0. The number of nitrogens with zero attached hydrogens (tertiary/aromatic N) is 2. The van der Waals surface area contributed by atoms with Crippen molar-refractivity contribution in [2.24, 2.45) is 10.8 Å². The van der Waals surface area contributed by atoms with Crippen LogP contribution in [-0.4, -0.2) is 5.71 Å². The Morgan fingerprint density at radius 2 is 2.43 bits per heavy atom. The Kier molecular flexibility index (Phi) is 0.749. The van der Waals surface area contributed by atoms with Crippen LogP contribution in [0.15, 0.2) is 17.0 Å². The van der Waals surface area contributed by atoms with Crippen molar-refractivity contribution in [1.82, 2.24) is 5.43 Å². The summed E-state index contributed by atoms with van der Waals surface area (Å²) in [7, 11) is 0. The molecule has 1 aliphatic rings. The summed E-state index contributed by atoms with van der Waals surface area (Å²) in [6, 6.07) is 0. The van der Waals surface area contributed by atoms with E-state index in [-0.39, 0.29) is 0 Å². The van der Waals surface area contributed by atoms with Crippen LogP contribution in [0.5, 0.6) is 0 Å². The zero-order valence-electron chi connectivity index (χ0n) is 4.05. The second kappa shape index (κ2) is 1.26. The number of allylic oxidation sites excluding steroid dienone is 1. The van der Waals surface area contributed by atoms with Crippen LogP contribution in [0.25, 0.3) is 0 Å². The molecule has 37 valence electrons. The molecule has 0 aromatic carbocycles. The molecule has 1 rings (SSSR count). The minimum atomic E-state index is 0.498. The molecular weight excluding hydrogens is 90.1 g/mol. The van der Waals surface area contributed by atoms with E-state index in [9.17, 15) is 0 Å². The lowest BCUT2D eigenvalue weighted by Gasteiger charge is -1.79. The van der Waals surface area contributed by atoms with Crippen molar-refractivity contribution in [1.29, 1.82) is 0 Å². The highest BCUT2D eigenvalue weighted by Crippen LogP contribution is 1.92. The molecule has 3 nitrogen and oxygen atoms in total. The Balaban J connectivity index is 2.69. The van der Waals surface area contributed by atoms with Gasteiger partial charge >= 0.3 is 0 Å². The number of hydrogen-bond donors (Lipinski definition) is 1. The Morgan fingerprint density at radius 1 is 1.71 bits per heavy atom. The summed E-state index contributed by atoms with van der Waals surface area (Å²) >= 11 is 0. The zero-order valence-corrected chi connectivity index (χ0v) is 4.05. The van der Waals surface area contributed by atoms with Crippen molar-refractivity contribution in [3.8, 4) is 0 Å². The van der Waals surface area contributed by atoms with Gasteiger partial charge in [0.05, 0.1) is 5.71 Å².